The second-order valence-corrected chi connectivity index (χ2v) is 8.68. The Balaban J connectivity index is 1.74. The first-order valence-electron chi connectivity index (χ1n) is 8.64. The largest absolute Gasteiger partial charge is 0.322 e. The molecule has 0 saturated carbocycles. The van der Waals surface area contributed by atoms with Crippen molar-refractivity contribution in [2.75, 3.05) is 18.4 Å². The summed E-state index contributed by atoms with van der Waals surface area (Å²) >= 11 is 5.91. The van der Waals surface area contributed by atoms with E-state index in [0.29, 0.717) is 29.4 Å². The van der Waals surface area contributed by atoms with E-state index in [1.165, 1.54) is 24.3 Å². The fraction of sp³-hybridized carbons (Fsp3) is 0.316. The maximum atomic E-state index is 12.8. The van der Waals surface area contributed by atoms with Crippen molar-refractivity contribution in [3.8, 4) is 0 Å². The van der Waals surface area contributed by atoms with E-state index in [1.54, 1.807) is 28.6 Å². The Labute approximate surface area is 159 Å². The van der Waals surface area contributed by atoms with Crippen molar-refractivity contribution in [2.45, 2.75) is 30.6 Å². The summed E-state index contributed by atoms with van der Waals surface area (Å²) < 4.78 is 27.1. The number of sulfonamides is 1. The van der Waals surface area contributed by atoms with Crippen LogP contribution in [0.5, 0.6) is 0 Å². The molecule has 0 aromatic heterocycles. The highest BCUT2D eigenvalue weighted by Gasteiger charge is 2.25. The first kappa shape index (κ1) is 18.9. The maximum Gasteiger partial charge on any atom is 0.255 e. The molecule has 0 bridgehead atoms. The summed E-state index contributed by atoms with van der Waals surface area (Å²) in [5, 5.41) is 3.27. The SMILES string of the molecule is O=C(Nc1cccc(Cl)c1)c1ccc(S(=O)(=O)N2CCCCCC2)cc1. The van der Waals surface area contributed by atoms with E-state index in [2.05, 4.69) is 5.32 Å². The molecular weight excluding hydrogens is 372 g/mol. The van der Waals surface area contributed by atoms with Gasteiger partial charge in [-0.3, -0.25) is 4.79 Å². The van der Waals surface area contributed by atoms with Crippen LogP contribution < -0.4 is 5.32 Å². The molecule has 0 unspecified atom stereocenters. The Kier molecular flexibility index (Phi) is 5.96. The Bertz CT molecular complexity index is 874. The molecule has 1 amide bonds. The van der Waals surface area contributed by atoms with Crippen molar-refractivity contribution in [1.82, 2.24) is 4.31 Å². The predicted octanol–water partition coefficient (Wildman–Crippen LogP) is 4.16. The van der Waals surface area contributed by atoms with Gasteiger partial charge in [0.2, 0.25) is 10.0 Å². The minimum atomic E-state index is -3.51. The van der Waals surface area contributed by atoms with Gasteiger partial charge in [0.05, 0.1) is 4.90 Å². The Morgan fingerprint density at radius 1 is 0.962 bits per heavy atom. The summed E-state index contributed by atoms with van der Waals surface area (Å²) in [6.07, 6.45) is 3.90. The molecule has 138 valence electrons. The average molecular weight is 393 g/mol. The van der Waals surface area contributed by atoms with E-state index >= 15 is 0 Å². The summed E-state index contributed by atoms with van der Waals surface area (Å²) in [6.45, 7) is 1.11. The van der Waals surface area contributed by atoms with Crippen LogP contribution in [0, 0.1) is 0 Å². The number of benzene rings is 2. The fourth-order valence-electron chi connectivity index (χ4n) is 2.98. The van der Waals surface area contributed by atoms with Crippen LogP contribution in [-0.4, -0.2) is 31.7 Å². The Morgan fingerprint density at radius 2 is 1.62 bits per heavy atom. The van der Waals surface area contributed by atoms with Crippen LogP contribution >= 0.6 is 11.6 Å². The summed E-state index contributed by atoms with van der Waals surface area (Å²) in [4.78, 5) is 12.5. The lowest BCUT2D eigenvalue weighted by molar-refractivity contribution is 0.102. The number of hydrogen-bond donors (Lipinski definition) is 1. The summed E-state index contributed by atoms with van der Waals surface area (Å²) in [7, 11) is -3.51. The third kappa shape index (κ3) is 4.44. The van der Waals surface area contributed by atoms with Gasteiger partial charge in [-0.15, -0.1) is 0 Å². The minimum absolute atomic E-state index is 0.221. The molecule has 1 aliphatic heterocycles. The lowest BCUT2D eigenvalue weighted by atomic mass is 10.2. The first-order chi connectivity index (χ1) is 12.5. The van der Waals surface area contributed by atoms with Gasteiger partial charge in [0, 0.05) is 29.4 Å². The second kappa shape index (κ2) is 8.20. The number of halogens is 1. The van der Waals surface area contributed by atoms with Crippen molar-refractivity contribution in [3.05, 3.63) is 59.1 Å². The second-order valence-electron chi connectivity index (χ2n) is 6.31. The van der Waals surface area contributed by atoms with Crippen LogP contribution in [0.2, 0.25) is 5.02 Å². The van der Waals surface area contributed by atoms with Gasteiger partial charge in [-0.05, 0) is 55.3 Å². The number of amides is 1. The molecule has 0 aliphatic carbocycles. The van der Waals surface area contributed by atoms with Crippen LogP contribution in [0.1, 0.15) is 36.0 Å². The van der Waals surface area contributed by atoms with Crippen LogP contribution in [-0.2, 0) is 10.0 Å². The van der Waals surface area contributed by atoms with Gasteiger partial charge in [0.15, 0.2) is 0 Å². The predicted molar refractivity (Wildman–Crippen MR) is 103 cm³/mol. The molecule has 1 aliphatic rings. The summed E-state index contributed by atoms with van der Waals surface area (Å²) in [5.41, 5.74) is 0.976. The van der Waals surface area contributed by atoms with Gasteiger partial charge in [0.1, 0.15) is 0 Å². The molecule has 1 fully saturated rings. The quantitative estimate of drug-likeness (QED) is 0.849. The van der Waals surface area contributed by atoms with Gasteiger partial charge >= 0.3 is 0 Å². The molecule has 0 radical (unpaired) electrons. The average Bonchev–Trinajstić information content (AvgIpc) is 2.92. The van der Waals surface area contributed by atoms with Crippen molar-refractivity contribution in [1.29, 1.82) is 0 Å². The number of anilines is 1. The molecule has 26 heavy (non-hydrogen) atoms. The molecule has 1 saturated heterocycles. The topological polar surface area (TPSA) is 66.5 Å². The number of rotatable bonds is 4. The van der Waals surface area contributed by atoms with Gasteiger partial charge < -0.3 is 5.32 Å². The molecule has 5 nitrogen and oxygen atoms in total. The minimum Gasteiger partial charge on any atom is -0.322 e. The highest BCUT2D eigenvalue weighted by molar-refractivity contribution is 7.89. The van der Waals surface area contributed by atoms with Gasteiger partial charge in [-0.25, -0.2) is 8.42 Å². The van der Waals surface area contributed by atoms with Crippen molar-refractivity contribution in [3.63, 3.8) is 0 Å². The molecule has 7 heteroatoms. The Morgan fingerprint density at radius 3 is 2.23 bits per heavy atom. The third-order valence-corrected chi connectivity index (χ3v) is 6.55. The lowest BCUT2D eigenvalue weighted by Gasteiger charge is -2.20. The van der Waals surface area contributed by atoms with Crippen LogP contribution in [0.15, 0.2) is 53.4 Å². The smallest absolute Gasteiger partial charge is 0.255 e. The molecule has 1 N–H and O–H groups in total. The number of nitrogens with one attached hydrogen (secondary N) is 1. The Hall–Kier alpha value is -1.89. The van der Waals surface area contributed by atoms with E-state index in [-0.39, 0.29) is 10.8 Å². The number of hydrogen-bond acceptors (Lipinski definition) is 3. The van der Waals surface area contributed by atoms with Crippen molar-refractivity contribution < 1.29 is 13.2 Å². The van der Waals surface area contributed by atoms with Crippen molar-refractivity contribution >= 4 is 33.2 Å². The summed E-state index contributed by atoms with van der Waals surface area (Å²) in [6, 6.07) is 12.9. The maximum absolute atomic E-state index is 12.8. The van der Waals surface area contributed by atoms with E-state index in [9.17, 15) is 13.2 Å². The molecule has 0 atom stereocenters. The molecule has 0 spiro atoms. The highest BCUT2D eigenvalue weighted by atomic mass is 35.5. The van der Waals surface area contributed by atoms with Gasteiger partial charge in [-0.1, -0.05) is 30.5 Å². The summed E-state index contributed by atoms with van der Waals surface area (Å²) in [5.74, 6) is -0.314. The number of nitrogens with zero attached hydrogens (tertiary/aromatic N) is 1. The zero-order chi connectivity index (χ0) is 18.6. The molecular formula is C19H21ClN2O3S. The zero-order valence-electron chi connectivity index (χ0n) is 14.3. The van der Waals surface area contributed by atoms with E-state index in [1.807, 2.05) is 0 Å². The van der Waals surface area contributed by atoms with Crippen LogP contribution in [0.25, 0.3) is 0 Å². The molecule has 3 rings (SSSR count). The third-order valence-electron chi connectivity index (χ3n) is 4.40. The van der Waals surface area contributed by atoms with E-state index < -0.39 is 10.0 Å². The van der Waals surface area contributed by atoms with Crippen LogP contribution in [0.3, 0.4) is 0 Å². The molecule has 2 aromatic rings. The number of carbonyl (C=O) groups is 1. The highest BCUT2D eigenvalue weighted by Crippen LogP contribution is 2.21. The first-order valence-corrected chi connectivity index (χ1v) is 10.5. The van der Waals surface area contributed by atoms with E-state index in [4.69, 9.17) is 11.6 Å². The normalized spacial score (nSPS) is 16.0. The molecule has 1 heterocycles. The number of carbonyl (C=O) groups excluding carboxylic acids is 1. The van der Waals surface area contributed by atoms with E-state index in [0.717, 1.165) is 25.7 Å². The standard InChI is InChI=1S/C19H21ClN2O3S/c20-16-6-5-7-17(14-16)21-19(23)15-8-10-18(11-9-15)26(24,25)22-12-3-1-2-4-13-22/h5-11,14H,1-4,12-13H2,(H,21,23). The van der Waals surface area contributed by atoms with Crippen molar-refractivity contribution in [2.24, 2.45) is 0 Å². The van der Waals surface area contributed by atoms with Crippen LogP contribution in [0.4, 0.5) is 5.69 Å². The zero-order valence-corrected chi connectivity index (χ0v) is 15.9. The van der Waals surface area contributed by atoms with Gasteiger partial charge in [0.25, 0.3) is 5.91 Å². The monoisotopic (exact) mass is 392 g/mol. The molecule has 2 aromatic carbocycles. The fourth-order valence-corrected chi connectivity index (χ4v) is 4.69. The van der Waals surface area contributed by atoms with Gasteiger partial charge in [-0.2, -0.15) is 4.31 Å². The lowest BCUT2D eigenvalue weighted by Crippen LogP contribution is -2.31.